The number of carbonyl (C=O) groups excluding carboxylic acids is 1. The number of hydrogen-bond donors (Lipinski definition) is 1. The third kappa shape index (κ3) is 11.9. The smallest absolute Gasteiger partial charge is 0.319 e. The lowest BCUT2D eigenvalue weighted by molar-refractivity contribution is -0.216. The Morgan fingerprint density at radius 2 is 1.79 bits per heavy atom. The van der Waals surface area contributed by atoms with E-state index in [0.29, 0.717) is 12.2 Å². The van der Waals surface area contributed by atoms with Crippen LogP contribution in [0.4, 0.5) is 0 Å². The number of phosphoric acid groups is 1. The molecule has 0 aliphatic rings. The van der Waals surface area contributed by atoms with Crippen molar-refractivity contribution >= 4 is 13.7 Å². The van der Waals surface area contributed by atoms with Gasteiger partial charge in [0.1, 0.15) is 11.5 Å². The SMILES string of the molecule is CCCCCCCC(=O)NCCOP(=O)([O-])Oc1cccc(OC(CC)CC)c1. The fraction of sp³-hybridized carbons (Fsp3) is 0.667. The van der Waals surface area contributed by atoms with E-state index in [1.54, 1.807) is 12.1 Å². The molecule has 1 N–H and O–H groups in total. The molecule has 0 radical (unpaired) electrons. The maximum atomic E-state index is 12.0. The zero-order chi connectivity index (χ0) is 21.5. The molecule has 0 aliphatic heterocycles. The van der Waals surface area contributed by atoms with Crippen molar-refractivity contribution in [3.8, 4) is 11.5 Å². The Morgan fingerprint density at radius 3 is 2.48 bits per heavy atom. The molecule has 1 rings (SSSR count). The van der Waals surface area contributed by atoms with Crippen LogP contribution in [0.2, 0.25) is 0 Å². The lowest BCUT2D eigenvalue weighted by atomic mass is 10.1. The quantitative estimate of drug-likeness (QED) is 0.305. The standard InChI is InChI=1S/C21H36NO6P/c1-4-7-8-9-10-14-21(23)22-15-16-26-29(24,25)28-20-13-11-12-19(17-20)27-18(5-2)6-3/h11-13,17-18H,4-10,14-16H2,1-3H3,(H,22,23)(H,24,25)/p-1. The number of amides is 1. The molecule has 0 spiro atoms. The zero-order valence-corrected chi connectivity index (χ0v) is 18.7. The highest BCUT2D eigenvalue weighted by Gasteiger charge is 2.13. The van der Waals surface area contributed by atoms with Gasteiger partial charge < -0.3 is 24.0 Å². The molecule has 1 unspecified atom stereocenters. The molecule has 0 aliphatic carbocycles. The average Bonchev–Trinajstić information content (AvgIpc) is 2.69. The third-order valence-electron chi connectivity index (χ3n) is 4.42. The zero-order valence-electron chi connectivity index (χ0n) is 17.9. The van der Waals surface area contributed by atoms with Gasteiger partial charge in [-0.3, -0.25) is 9.36 Å². The fourth-order valence-corrected chi connectivity index (χ4v) is 3.47. The first-order chi connectivity index (χ1) is 13.9. The molecule has 7 nitrogen and oxygen atoms in total. The minimum atomic E-state index is -4.53. The summed E-state index contributed by atoms with van der Waals surface area (Å²) in [5, 5.41) is 2.65. The van der Waals surface area contributed by atoms with Gasteiger partial charge in [0.15, 0.2) is 0 Å². The third-order valence-corrected chi connectivity index (χ3v) is 5.35. The minimum absolute atomic E-state index is 0.0656. The van der Waals surface area contributed by atoms with E-state index in [4.69, 9.17) is 13.8 Å². The Hall–Kier alpha value is -1.56. The van der Waals surface area contributed by atoms with Crippen molar-refractivity contribution in [2.24, 2.45) is 0 Å². The predicted octanol–water partition coefficient (Wildman–Crippen LogP) is 4.59. The Kier molecular flexibility index (Phi) is 12.7. The van der Waals surface area contributed by atoms with Crippen LogP contribution >= 0.6 is 7.82 Å². The van der Waals surface area contributed by atoms with Crippen molar-refractivity contribution in [3.63, 3.8) is 0 Å². The number of ether oxygens (including phenoxy) is 1. The van der Waals surface area contributed by atoms with Crippen molar-refractivity contribution in [1.29, 1.82) is 0 Å². The summed E-state index contributed by atoms with van der Waals surface area (Å²) in [5.74, 6) is 0.573. The van der Waals surface area contributed by atoms with Gasteiger partial charge >= 0.3 is 7.82 Å². The molecule has 0 fully saturated rings. The van der Waals surface area contributed by atoms with Crippen molar-refractivity contribution in [1.82, 2.24) is 5.32 Å². The second-order valence-electron chi connectivity index (χ2n) is 6.92. The largest absolute Gasteiger partial charge is 0.746 e. The molecule has 0 heterocycles. The van der Waals surface area contributed by atoms with Gasteiger partial charge in [0.25, 0.3) is 0 Å². The number of unbranched alkanes of at least 4 members (excludes halogenated alkanes) is 4. The lowest BCUT2D eigenvalue weighted by Gasteiger charge is -2.24. The van der Waals surface area contributed by atoms with Crippen LogP contribution in [0.25, 0.3) is 0 Å². The number of phosphoric ester groups is 1. The molecular formula is C21H35NO6P-. The van der Waals surface area contributed by atoms with Gasteiger partial charge in [-0.15, -0.1) is 0 Å². The van der Waals surface area contributed by atoms with Gasteiger partial charge in [-0.25, -0.2) is 0 Å². The summed E-state index contributed by atoms with van der Waals surface area (Å²) < 4.78 is 27.6. The van der Waals surface area contributed by atoms with E-state index in [-0.39, 0.29) is 30.9 Å². The number of benzene rings is 1. The van der Waals surface area contributed by atoms with Crippen LogP contribution in [0.5, 0.6) is 11.5 Å². The summed E-state index contributed by atoms with van der Waals surface area (Å²) in [7, 11) is -4.53. The molecule has 1 atom stereocenters. The van der Waals surface area contributed by atoms with E-state index in [9.17, 15) is 14.3 Å². The first kappa shape index (κ1) is 25.5. The maximum absolute atomic E-state index is 12.0. The number of rotatable bonds is 16. The van der Waals surface area contributed by atoms with E-state index in [1.165, 1.54) is 18.6 Å². The second-order valence-corrected chi connectivity index (χ2v) is 8.25. The Labute approximate surface area is 174 Å². The summed E-state index contributed by atoms with van der Waals surface area (Å²) >= 11 is 0. The molecule has 1 amide bonds. The number of hydrogen-bond acceptors (Lipinski definition) is 6. The minimum Gasteiger partial charge on any atom is -0.746 e. The van der Waals surface area contributed by atoms with Crippen molar-refractivity contribution in [3.05, 3.63) is 24.3 Å². The molecular weight excluding hydrogens is 393 g/mol. The summed E-state index contributed by atoms with van der Waals surface area (Å²) in [6, 6.07) is 6.45. The highest BCUT2D eigenvalue weighted by molar-refractivity contribution is 7.46. The van der Waals surface area contributed by atoms with E-state index < -0.39 is 7.82 Å². The van der Waals surface area contributed by atoms with E-state index in [0.717, 1.165) is 38.5 Å². The molecule has 166 valence electrons. The second kappa shape index (κ2) is 14.4. The summed E-state index contributed by atoms with van der Waals surface area (Å²) in [6.07, 6.45) is 7.57. The van der Waals surface area contributed by atoms with Gasteiger partial charge in [0, 0.05) is 19.0 Å². The number of nitrogens with one attached hydrogen (secondary N) is 1. The van der Waals surface area contributed by atoms with E-state index >= 15 is 0 Å². The molecule has 1 aromatic carbocycles. The fourth-order valence-electron chi connectivity index (χ4n) is 2.73. The van der Waals surface area contributed by atoms with Crippen LogP contribution in [0.1, 0.15) is 72.1 Å². The highest BCUT2D eigenvalue weighted by atomic mass is 31.2. The predicted molar refractivity (Wildman–Crippen MR) is 112 cm³/mol. The molecule has 0 saturated carbocycles. The Morgan fingerprint density at radius 1 is 1.10 bits per heavy atom. The first-order valence-electron chi connectivity index (χ1n) is 10.6. The molecule has 0 saturated heterocycles. The van der Waals surface area contributed by atoms with Crippen LogP contribution in [0.3, 0.4) is 0 Å². The van der Waals surface area contributed by atoms with E-state index in [1.807, 2.05) is 13.8 Å². The van der Waals surface area contributed by atoms with Crippen LogP contribution in [0, 0.1) is 0 Å². The molecule has 29 heavy (non-hydrogen) atoms. The van der Waals surface area contributed by atoms with Crippen LogP contribution in [0.15, 0.2) is 24.3 Å². The molecule has 0 aromatic heterocycles. The molecule has 0 bridgehead atoms. The van der Waals surface area contributed by atoms with Crippen molar-refractivity contribution in [2.75, 3.05) is 13.2 Å². The van der Waals surface area contributed by atoms with Crippen LogP contribution in [-0.2, 0) is 13.9 Å². The van der Waals surface area contributed by atoms with Gasteiger partial charge in [0.2, 0.25) is 5.91 Å². The van der Waals surface area contributed by atoms with Crippen LogP contribution < -0.4 is 19.5 Å². The highest BCUT2D eigenvalue weighted by Crippen LogP contribution is 2.40. The average molecular weight is 428 g/mol. The van der Waals surface area contributed by atoms with Crippen molar-refractivity contribution in [2.45, 2.75) is 78.2 Å². The topological polar surface area (TPSA) is 96.9 Å². The van der Waals surface area contributed by atoms with Crippen molar-refractivity contribution < 1.29 is 28.0 Å². The Balaban J connectivity index is 2.33. The van der Waals surface area contributed by atoms with Gasteiger partial charge in [-0.1, -0.05) is 52.5 Å². The summed E-state index contributed by atoms with van der Waals surface area (Å²) in [4.78, 5) is 23.7. The van der Waals surface area contributed by atoms with Gasteiger partial charge in [-0.05, 0) is 31.4 Å². The molecule has 8 heteroatoms. The normalized spacial score (nSPS) is 13.1. The van der Waals surface area contributed by atoms with Crippen LogP contribution in [-0.4, -0.2) is 25.2 Å². The van der Waals surface area contributed by atoms with Gasteiger partial charge in [-0.2, -0.15) is 0 Å². The van der Waals surface area contributed by atoms with Gasteiger partial charge in [0.05, 0.1) is 12.7 Å². The molecule has 1 aromatic rings. The summed E-state index contributed by atoms with van der Waals surface area (Å²) in [5.41, 5.74) is 0. The number of carbonyl (C=O) groups is 1. The maximum Gasteiger partial charge on any atom is 0.319 e. The monoisotopic (exact) mass is 428 g/mol. The first-order valence-corrected chi connectivity index (χ1v) is 12.0. The van der Waals surface area contributed by atoms with E-state index in [2.05, 4.69) is 12.2 Å². The lowest BCUT2D eigenvalue weighted by Crippen LogP contribution is -2.27. The Bertz CT molecular complexity index is 635. The summed E-state index contributed by atoms with van der Waals surface area (Å²) in [6.45, 7) is 6.14.